The van der Waals surface area contributed by atoms with Gasteiger partial charge in [-0.15, -0.1) is 11.3 Å². The average molecular weight is 430 g/mol. The van der Waals surface area contributed by atoms with Crippen LogP contribution < -0.4 is 14.4 Å². The molecule has 0 radical (unpaired) electrons. The van der Waals surface area contributed by atoms with Gasteiger partial charge in [-0.2, -0.15) is 0 Å². The van der Waals surface area contributed by atoms with Gasteiger partial charge in [0.1, 0.15) is 10.6 Å². The van der Waals surface area contributed by atoms with Gasteiger partial charge in [-0.1, -0.05) is 18.2 Å². The number of hydrogen-bond donors (Lipinski definition) is 1. The lowest BCUT2D eigenvalue weighted by Crippen LogP contribution is -2.35. The molecule has 0 aliphatic carbocycles. The third kappa shape index (κ3) is 3.70. The lowest BCUT2D eigenvalue weighted by molar-refractivity contribution is 0.102. The molecule has 2 heterocycles. The van der Waals surface area contributed by atoms with E-state index in [2.05, 4.69) is 10.3 Å². The molecule has 7 nitrogen and oxygen atoms in total. The molecule has 0 fully saturated rings. The Hall–Kier alpha value is -2.91. The highest BCUT2D eigenvalue weighted by molar-refractivity contribution is 7.93. The van der Waals surface area contributed by atoms with Crippen LogP contribution in [0.1, 0.15) is 22.3 Å². The zero-order valence-corrected chi connectivity index (χ0v) is 17.3. The fraction of sp³-hybridized carbons (Fsp3) is 0.200. The van der Waals surface area contributed by atoms with Crippen LogP contribution >= 0.6 is 11.3 Å². The van der Waals surface area contributed by atoms with E-state index in [1.54, 1.807) is 17.6 Å². The van der Waals surface area contributed by atoms with Gasteiger partial charge in [0.15, 0.2) is 5.13 Å². The number of hydrogen-bond acceptors (Lipinski definition) is 6. The number of anilines is 2. The largest absolute Gasteiger partial charge is 0.495 e. The number of aryl methyl sites for hydroxylation is 1. The number of methoxy groups -OCH3 is 1. The standard InChI is InChI=1S/C20H19N3O4S2/c1-27-17-9-8-15(19(24)22-20-21-10-12-28-20)13-18(17)29(25,26)23-11-4-6-14-5-2-3-7-16(14)23/h2-3,5,7-10,12-13H,4,6,11H2,1H3,(H,21,22,24). The number of amides is 1. The minimum Gasteiger partial charge on any atom is -0.495 e. The van der Waals surface area contributed by atoms with Crippen LogP contribution in [-0.2, 0) is 16.4 Å². The van der Waals surface area contributed by atoms with Gasteiger partial charge in [0.25, 0.3) is 15.9 Å². The number of thiazole rings is 1. The van der Waals surface area contributed by atoms with E-state index in [9.17, 15) is 13.2 Å². The fourth-order valence-electron chi connectivity index (χ4n) is 3.34. The van der Waals surface area contributed by atoms with E-state index in [-0.39, 0.29) is 16.2 Å². The number of nitrogens with one attached hydrogen (secondary N) is 1. The lowest BCUT2D eigenvalue weighted by atomic mass is 10.0. The minimum absolute atomic E-state index is 0.0384. The summed E-state index contributed by atoms with van der Waals surface area (Å²) >= 11 is 1.28. The van der Waals surface area contributed by atoms with E-state index in [1.165, 1.54) is 41.0 Å². The maximum atomic E-state index is 13.5. The van der Waals surface area contributed by atoms with E-state index in [0.717, 1.165) is 18.4 Å². The van der Waals surface area contributed by atoms with E-state index in [1.807, 2.05) is 18.2 Å². The van der Waals surface area contributed by atoms with Crippen LogP contribution in [0.4, 0.5) is 10.8 Å². The van der Waals surface area contributed by atoms with Crippen molar-refractivity contribution in [3.8, 4) is 5.75 Å². The number of aromatic nitrogens is 1. The predicted octanol–water partition coefficient (Wildman–Crippen LogP) is 3.55. The number of carbonyl (C=O) groups is 1. The highest BCUT2D eigenvalue weighted by atomic mass is 32.2. The number of carbonyl (C=O) groups excluding carboxylic acids is 1. The van der Waals surface area contributed by atoms with Gasteiger partial charge in [0.2, 0.25) is 0 Å². The van der Waals surface area contributed by atoms with Crippen molar-refractivity contribution in [3.63, 3.8) is 0 Å². The second-order valence-corrected chi connectivity index (χ2v) is 9.19. The Kier molecular flexibility index (Phi) is 5.25. The van der Waals surface area contributed by atoms with Crippen LogP contribution in [0.25, 0.3) is 0 Å². The van der Waals surface area contributed by atoms with Crippen molar-refractivity contribution in [2.24, 2.45) is 0 Å². The number of para-hydroxylation sites is 1. The molecule has 1 aromatic heterocycles. The van der Waals surface area contributed by atoms with Gasteiger partial charge >= 0.3 is 0 Å². The highest BCUT2D eigenvalue weighted by Gasteiger charge is 2.32. The van der Waals surface area contributed by atoms with Crippen LogP contribution in [0.3, 0.4) is 0 Å². The van der Waals surface area contributed by atoms with Crippen LogP contribution in [0.5, 0.6) is 5.75 Å². The number of sulfonamides is 1. The lowest BCUT2D eigenvalue weighted by Gasteiger charge is -2.31. The number of rotatable bonds is 5. The fourth-order valence-corrected chi connectivity index (χ4v) is 5.59. The van der Waals surface area contributed by atoms with E-state index >= 15 is 0 Å². The van der Waals surface area contributed by atoms with Crippen molar-refractivity contribution >= 4 is 38.1 Å². The third-order valence-electron chi connectivity index (χ3n) is 4.71. The van der Waals surface area contributed by atoms with Crippen LogP contribution in [0.2, 0.25) is 0 Å². The van der Waals surface area contributed by atoms with E-state index in [4.69, 9.17) is 4.74 Å². The molecular weight excluding hydrogens is 410 g/mol. The van der Waals surface area contributed by atoms with Crippen molar-refractivity contribution < 1.29 is 17.9 Å². The summed E-state index contributed by atoms with van der Waals surface area (Å²) in [4.78, 5) is 16.6. The third-order valence-corrected chi connectivity index (χ3v) is 7.24. The molecule has 0 saturated carbocycles. The molecule has 29 heavy (non-hydrogen) atoms. The Bertz CT molecular complexity index is 1140. The molecule has 0 spiro atoms. The maximum Gasteiger partial charge on any atom is 0.268 e. The first kappa shape index (κ1) is 19.4. The Morgan fingerprint density at radius 1 is 1.24 bits per heavy atom. The van der Waals surface area contributed by atoms with Crippen molar-refractivity contribution in [2.75, 3.05) is 23.3 Å². The molecule has 0 unspecified atom stereocenters. The number of nitrogens with zero attached hydrogens (tertiary/aromatic N) is 2. The molecular formula is C20H19N3O4S2. The zero-order valence-electron chi connectivity index (χ0n) is 15.7. The summed E-state index contributed by atoms with van der Waals surface area (Å²) < 4.78 is 33.7. The van der Waals surface area contributed by atoms with Crippen molar-refractivity contribution in [2.45, 2.75) is 17.7 Å². The molecule has 4 rings (SSSR count). The highest BCUT2D eigenvalue weighted by Crippen LogP contribution is 2.35. The maximum absolute atomic E-state index is 13.5. The van der Waals surface area contributed by atoms with Crippen LogP contribution in [0, 0.1) is 0 Å². The first-order chi connectivity index (χ1) is 14.0. The first-order valence-corrected chi connectivity index (χ1v) is 11.3. The van der Waals surface area contributed by atoms with Crippen molar-refractivity contribution in [1.82, 2.24) is 4.98 Å². The van der Waals surface area contributed by atoms with E-state index < -0.39 is 15.9 Å². The first-order valence-electron chi connectivity index (χ1n) is 9.00. The molecule has 1 N–H and O–H groups in total. The van der Waals surface area contributed by atoms with Gasteiger partial charge in [-0.05, 0) is 42.7 Å². The molecule has 9 heteroatoms. The normalized spacial score (nSPS) is 13.6. The zero-order chi connectivity index (χ0) is 20.4. The average Bonchev–Trinajstić information content (AvgIpc) is 3.25. The number of fused-ring (bicyclic) bond motifs is 1. The SMILES string of the molecule is COc1ccc(C(=O)Nc2nccs2)cc1S(=O)(=O)N1CCCc2ccccc21. The Labute approximate surface area is 173 Å². The summed E-state index contributed by atoms with van der Waals surface area (Å²) in [6.45, 7) is 0.373. The summed E-state index contributed by atoms with van der Waals surface area (Å²) in [5.41, 5.74) is 1.86. The molecule has 0 atom stereocenters. The summed E-state index contributed by atoms with van der Waals surface area (Å²) in [5, 5.41) is 4.86. The smallest absolute Gasteiger partial charge is 0.268 e. The summed E-state index contributed by atoms with van der Waals surface area (Å²) in [6.07, 6.45) is 3.14. The quantitative estimate of drug-likeness (QED) is 0.670. The van der Waals surface area contributed by atoms with Gasteiger partial charge in [0.05, 0.1) is 12.8 Å². The second kappa shape index (κ2) is 7.84. The Morgan fingerprint density at radius 2 is 2.07 bits per heavy atom. The molecule has 1 aliphatic heterocycles. The predicted molar refractivity (Wildman–Crippen MR) is 112 cm³/mol. The molecule has 150 valence electrons. The van der Waals surface area contributed by atoms with Gasteiger partial charge in [0, 0.05) is 23.7 Å². The second-order valence-electron chi connectivity index (χ2n) is 6.47. The molecule has 1 aliphatic rings. The minimum atomic E-state index is -3.92. The molecule has 2 aromatic carbocycles. The Balaban J connectivity index is 1.74. The number of benzene rings is 2. The van der Waals surface area contributed by atoms with Gasteiger partial charge in [-0.25, -0.2) is 13.4 Å². The van der Waals surface area contributed by atoms with Gasteiger partial charge < -0.3 is 4.74 Å². The van der Waals surface area contributed by atoms with Crippen LogP contribution in [-0.4, -0.2) is 33.0 Å². The summed E-state index contributed by atoms with van der Waals surface area (Å²) in [6, 6.07) is 11.9. The Morgan fingerprint density at radius 3 is 2.83 bits per heavy atom. The summed E-state index contributed by atoms with van der Waals surface area (Å²) in [7, 11) is -2.51. The van der Waals surface area contributed by atoms with Gasteiger partial charge in [-0.3, -0.25) is 14.4 Å². The molecule has 1 amide bonds. The molecule has 3 aromatic rings. The van der Waals surface area contributed by atoms with E-state index in [0.29, 0.717) is 17.4 Å². The molecule has 0 saturated heterocycles. The van der Waals surface area contributed by atoms with Crippen molar-refractivity contribution in [3.05, 3.63) is 65.2 Å². The monoisotopic (exact) mass is 429 g/mol. The van der Waals surface area contributed by atoms with Crippen LogP contribution in [0.15, 0.2) is 58.9 Å². The van der Waals surface area contributed by atoms with Crippen molar-refractivity contribution in [1.29, 1.82) is 0 Å². The summed E-state index contributed by atoms with van der Waals surface area (Å²) in [5.74, 6) is -0.239. The molecule has 0 bridgehead atoms. The number of ether oxygens (including phenoxy) is 1. The topological polar surface area (TPSA) is 88.6 Å².